The summed E-state index contributed by atoms with van der Waals surface area (Å²) in [5, 5.41) is 11.7. The van der Waals surface area contributed by atoms with Crippen molar-refractivity contribution in [3.8, 4) is 11.1 Å². The van der Waals surface area contributed by atoms with Gasteiger partial charge in [0.05, 0.1) is 21.9 Å². The van der Waals surface area contributed by atoms with Crippen molar-refractivity contribution in [3.05, 3.63) is 118 Å². The minimum absolute atomic E-state index is 0.104. The van der Waals surface area contributed by atoms with E-state index in [4.69, 9.17) is 0 Å². The van der Waals surface area contributed by atoms with Crippen LogP contribution in [0.25, 0.3) is 23.3 Å². The predicted octanol–water partition coefficient (Wildman–Crippen LogP) is 7.22. The van der Waals surface area contributed by atoms with Crippen LogP contribution in [0.2, 0.25) is 0 Å². The molecular weight excluding hydrogens is 372 g/mol. The molecule has 1 aliphatic rings. The van der Waals surface area contributed by atoms with Gasteiger partial charge < -0.3 is 4.90 Å². The summed E-state index contributed by atoms with van der Waals surface area (Å²) < 4.78 is 0. The zero-order chi connectivity index (χ0) is 20.5. The van der Waals surface area contributed by atoms with E-state index in [1.165, 1.54) is 0 Å². The fourth-order valence-electron chi connectivity index (χ4n) is 4.01. The highest BCUT2D eigenvalue weighted by Crippen LogP contribution is 2.45. The van der Waals surface area contributed by atoms with Crippen molar-refractivity contribution in [1.82, 2.24) is 0 Å². The van der Waals surface area contributed by atoms with E-state index in [2.05, 4.69) is 47.4 Å². The normalized spacial score (nSPS) is 12.1. The van der Waals surface area contributed by atoms with E-state index < -0.39 is 0 Å². The van der Waals surface area contributed by atoms with Crippen LogP contribution >= 0.6 is 0 Å². The van der Waals surface area contributed by atoms with Crippen LogP contribution in [0, 0.1) is 10.1 Å². The van der Waals surface area contributed by atoms with Gasteiger partial charge in [-0.15, -0.1) is 0 Å². The molecule has 0 spiro atoms. The average Bonchev–Trinajstić information content (AvgIpc) is 2.96. The van der Waals surface area contributed by atoms with Gasteiger partial charge in [-0.1, -0.05) is 72.8 Å². The minimum Gasteiger partial charge on any atom is -0.309 e. The first-order valence-electron chi connectivity index (χ1n) is 9.73. The number of benzene rings is 4. The summed E-state index contributed by atoms with van der Waals surface area (Å²) in [5.41, 5.74) is 6.68. The SMILES string of the molecule is O=[N+]([O-])c1ccccc1-c1cccc2c1C=Cc1ccccc1N2c1ccccc1. The Morgan fingerprint density at radius 3 is 2.13 bits per heavy atom. The molecule has 0 amide bonds. The summed E-state index contributed by atoms with van der Waals surface area (Å²) in [4.78, 5) is 13.6. The third kappa shape index (κ3) is 2.95. The van der Waals surface area contributed by atoms with E-state index in [9.17, 15) is 10.1 Å². The largest absolute Gasteiger partial charge is 0.309 e. The van der Waals surface area contributed by atoms with E-state index in [1.807, 2.05) is 54.6 Å². The van der Waals surface area contributed by atoms with E-state index in [0.717, 1.165) is 33.8 Å². The summed E-state index contributed by atoms with van der Waals surface area (Å²) in [5.74, 6) is 0. The third-order valence-electron chi connectivity index (χ3n) is 5.34. The lowest BCUT2D eigenvalue weighted by Crippen LogP contribution is -2.11. The van der Waals surface area contributed by atoms with E-state index >= 15 is 0 Å². The van der Waals surface area contributed by atoms with Crippen LogP contribution in [-0.2, 0) is 0 Å². The second-order valence-corrected chi connectivity index (χ2v) is 7.08. The fraction of sp³-hybridized carbons (Fsp3) is 0. The zero-order valence-electron chi connectivity index (χ0n) is 16.1. The maximum absolute atomic E-state index is 11.7. The van der Waals surface area contributed by atoms with Gasteiger partial charge in [-0.25, -0.2) is 0 Å². The Balaban J connectivity index is 1.81. The van der Waals surface area contributed by atoms with Gasteiger partial charge in [0.25, 0.3) is 5.69 Å². The molecule has 5 rings (SSSR count). The first-order chi connectivity index (χ1) is 14.7. The quantitative estimate of drug-likeness (QED) is 0.241. The molecule has 1 aliphatic heterocycles. The Hall–Kier alpha value is -4.18. The number of nitro benzene ring substituents is 1. The first-order valence-corrected chi connectivity index (χ1v) is 9.73. The molecular formula is C26H18N2O2. The fourth-order valence-corrected chi connectivity index (χ4v) is 4.01. The Morgan fingerprint density at radius 1 is 0.633 bits per heavy atom. The van der Waals surface area contributed by atoms with Crippen LogP contribution < -0.4 is 4.90 Å². The van der Waals surface area contributed by atoms with Crippen molar-refractivity contribution in [1.29, 1.82) is 0 Å². The average molecular weight is 390 g/mol. The summed E-state index contributed by atoms with van der Waals surface area (Å²) in [6, 6.07) is 31.3. The van der Waals surface area contributed by atoms with Crippen molar-refractivity contribution in [3.63, 3.8) is 0 Å². The lowest BCUT2D eigenvalue weighted by atomic mass is 9.96. The van der Waals surface area contributed by atoms with Gasteiger partial charge in [0.15, 0.2) is 0 Å². The molecule has 4 aromatic rings. The number of anilines is 3. The van der Waals surface area contributed by atoms with Crippen molar-refractivity contribution in [2.75, 3.05) is 4.90 Å². The monoisotopic (exact) mass is 390 g/mol. The van der Waals surface area contributed by atoms with Crippen molar-refractivity contribution >= 4 is 34.9 Å². The number of rotatable bonds is 3. The number of hydrogen-bond donors (Lipinski definition) is 0. The van der Waals surface area contributed by atoms with Gasteiger partial charge in [0, 0.05) is 17.3 Å². The summed E-state index contributed by atoms with van der Waals surface area (Å²) in [6.45, 7) is 0. The molecule has 0 saturated heterocycles. The lowest BCUT2D eigenvalue weighted by molar-refractivity contribution is -0.384. The van der Waals surface area contributed by atoms with Crippen molar-refractivity contribution in [2.45, 2.75) is 0 Å². The molecule has 0 unspecified atom stereocenters. The van der Waals surface area contributed by atoms with Gasteiger partial charge in [0.2, 0.25) is 0 Å². The highest BCUT2D eigenvalue weighted by Gasteiger charge is 2.24. The van der Waals surface area contributed by atoms with Gasteiger partial charge in [-0.2, -0.15) is 0 Å². The van der Waals surface area contributed by atoms with Crippen LogP contribution in [0.4, 0.5) is 22.7 Å². The summed E-state index contributed by atoms with van der Waals surface area (Å²) >= 11 is 0. The van der Waals surface area contributed by atoms with Crippen LogP contribution in [0.3, 0.4) is 0 Å². The molecule has 0 fully saturated rings. The van der Waals surface area contributed by atoms with Gasteiger partial charge in [-0.3, -0.25) is 10.1 Å². The number of nitrogens with zero attached hydrogens (tertiary/aromatic N) is 2. The molecule has 0 aliphatic carbocycles. The molecule has 0 atom stereocenters. The van der Waals surface area contributed by atoms with Crippen LogP contribution in [0.5, 0.6) is 0 Å². The number of hydrogen-bond acceptors (Lipinski definition) is 3. The minimum atomic E-state index is -0.321. The Morgan fingerprint density at radius 2 is 1.30 bits per heavy atom. The number of fused-ring (bicyclic) bond motifs is 2. The summed E-state index contributed by atoms with van der Waals surface area (Å²) in [6.07, 6.45) is 4.14. The maximum Gasteiger partial charge on any atom is 0.277 e. The Kier molecular flexibility index (Phi) is 4.37. The van der Waals surface area contributed by atoms with E-state index in [1.54, 1.807) is 12.1 Å². The second kappa shape index (κ2) is 7.33. The lowest BCUT2D eigenvalue weighted by Gasteiger charge is -2.28. The Labute approximate surface area is 174 Å². The highest BCUT2D eigenvalue weighted by molar-refractivity contribution is 5.98. The number of nitro groups is 1. The van der Waals surface area contributed by atoms with Crippen LogP contribution in [0.15, 0.2) is 97.1 Å². The zero-order valence-corrected chi connectivity index (χ0v) is 16.1. The second-order valence-electron chi connectivity index (χ2n) is 7.08. The molecule has 4 heteroatoms. The smallest absolute Gasteiger partial charge is 0.277 e. The third-order valence-corrected chi connectivity index (χ3v) is 5.34. The number of para-hydroxylation sites is 3. The van der Waals surface area contributed by atoms with Crippen LogP contribution in [-0.4, -0.2) is 4.92 Å². The molecule has 30 heavy (non-hydrogen) atoms. The first kappa shape index (κ1) is 17.9. The van der Waals surface area contributed by atoms with Gasteiger partial charge in [-0.05, 0) is 41.5 Å². The summed E-state index contributed by atoms with van der Waals surface area (Å²) in [7, 11) is 0. The predicted molar refractivity (Wildman–Crippen MR) is 122 cm³/mol. The molecule has 144 valence electrons. The molecule has 0 bridgehead atoms. The van der Waals surface area contributed by atoms with Crippen molar-refractivity contribution < 1.29 is 4.92 Å². The highest BCUT2D eigenvalue weighted by atomic mass is 16.6. The molecule has 4 aromatic carbocycles. The Bertz CT molecular complexity index is 1280. The molecule has 0 radical (unpaired) electrons. The standard InChI is InChI=1S/C26H18N2O2/c29-28(30)26-15-7-5-12-22(26)21-13-8-16-25-23(21)18-17-19-9-4-6-14-24(19)27(25)20-10-2-1-3-11-20/h1-18H. The molecule has 1 heterocycles. The topological polar surface area (TPSA) is 46.4 Å². The van der Waals surface area contributed by atoms with Crippen molar-refractivity contribution in [2.24, 2.45) is 0 Å². The molecule has 4 nitrogen and oxygen atoms in total. The maximum atomic E-state index is 11.7. The molecule has 0 aromatic heterocycles. The molecule has 0 N–H and O–H groups in total. The van der Waals surface area contributed by atoms with E-state index in [-0.39, 0.29) is 10.6 Å². The van der Waals surface area contributed by atoms with Gasteiger partial charge in [0.1, 0.15) is 0 Å². The van der Waals surface area contributed by atoms with Gasteiger partial charge >= 0.3 is 0 Å². The molecule has 0 saturated carbocycles. The van der Waals surface area contributed by atoms with E-state index in [0.29, 0.717) is 5.56 Å². The van der Waals surface area contributed by atoms with Crippen LogP contribution in [0.1, 0.15) is 11.1 Å².